The van der Waals surface area contributed by atoms with Gasteiger partial charge >= 0.3 is 0 Å². The highest BCUT2D eigenvalue weighted by Gasteiger charge is 2.47. The molecule has 0 aromatic carbocycles. The lowest BCUT2D eigenvalue weighted by Crippen LogP contribution is -2.60. The van der Waals surface area contributed by atoms with Crippen molar-refractivity contribution in [3.05, 3.63) is 0 Å². The smallest absolute Gasteiger partial charge is 0.238 e. The van der Waals surface area contributed by atoms with Crippen molar-refractivity contribution in [2.24, 2.45) is 11.7 Å². The number of primary amides is 1. The normalized spacial score (nSPS) is 36.5. The van der Waals surface area contributed by atoms with Gasteiger partial charge in [0.05, 0.1) is 6.10 Å². The zero-order valence-electron chi connectivity index (χ0n) is 13.6. The average molecular weight is 314 g/mol. The molecule has 1 amide bonds. The predicted octanol–water partition coefficient (Wildman–Crippen LogP) is 2.31. The van der Waals surface area contributed by atoms with Gasteiger partial charge in [0.15, 0.2) is 0 Å². The summed E-state index contributed by atoms with van der Waals surface area (Å²) in [6.07, 6.45) is 5.69. The number of amides is 1. The minimum atomic E-state index is -0.480. The van der Waals surface area contributed by atoms with E-state index in [-0.39, 0.29) is 11.9 Å². The van der Waals surface area contributed by atoms with Crippen LogP contribution in [0, 0.1) is 5.92 Å². The number of thioether (sulfide) groups is 1. The molecule has 2 rings (SSSR count). The molecule has 2 fully saturated rings. The van der Waals surface area contributed by atoms with Gasteiger partial charge in [0, 0.05) is 17.9 Å². The Kier molecular flexibility index (Phi) is 5.97. The molecule has 122 valence electrons. The van der Waals surface area contributed by atoms with E-state index < -0.39 is 5.54 Å². The summed E-state index contributed by atoms with van der Waals surface area (Å²) in [4.78, 5) is 12.1. The Morgan fingerprint density at radius 1 is 1.48 bits per heavy atom. The Labute approximate surface area is 132 Å². The van der Waals surface area contributed by atoms with Crippen LogP contribution in [0.5, 0.6) is 0 Å². The molecule has 0 spiro atoms. The van der Waals surface area contributed by atoms with Crippen molar-refractivity contribution in [2.45, 2.75) is 75.8 Å². The van der Waals surface area contributed by atoms with Gasteiger partial charge in [0.1, 0.15) is 5.54 Å². The van der Waals surface area contributed by atoms with Crippen LogP contribution < -0.4 is 11.1 Å². The summed E-state index contributed by atoms with van der Waals surface area (Å²) in [5.41, 5.74) is 5.28. The topological polar surface area (TPSA) is 64.3 Å². The van der Waals surface area contributed by atoms with Crippen LogP contribution in [0.15, 0.2) is 0 Å². The minimum Gasteiger partial charge on any atom is -0.377 e. The first-order chi connectivity index (χ1) is 9.95. The lowest BCUT2D eigenvalue weighted by molar-refractivity contribution is -0.126. The van der Waals surface area contributed by atoms with E-state index in [1.165, 1.54) is 0 Å². The molecule has 1 saturated carbocycles. The number of carbonyl (C=O) groups is 1. The quantitative estimate of drug-likeness (QED) is 0.757. The molecule has 1 saturated heterocycles. The van der Waals surface area contributed by atoms with E-state index in [1.54, 1.807) is 0 Å². The Balaban J connectivity index is 1.89. The van der Waals surface area contributed by atoms with Crippen LogP contribution in [0.25, 0.3) is 0 Å². The molecule has 0 aromatic rings. The molecule has 21 heavy (non-hydrogen) atoms. The Morgan fingerprint density at radius 3 is 2.81 bits per heavy atom. The van der Waals surface area contributed by atoms with Crippen LogP contribution in [0.2, 0.25) is 0 Å². The molecule has 5 heteroatoms. The van der Waals surface area contributed by atoms with E-state index in [9.17, 15) is 4.79 Å². The van der Waals surface area contributed by atoms with E-state index in [0.717, 1.165) is 44.5 Å². The van der Waals surface area contributed by atoms with Gasteiger partial charge in [-0.2, -0.15) is 11.8 Å². The molecule has 4 atom stereocenters. The third kappa shape index (κ3) is 3.93. The molecule has 1 aliphatic carbocycles. The molecule has 0 aromatic heterocycles. The second kappa shape index (κ2) is 7.34. The summed E-state index contributed by atoms with van der Waals surface area (Å²) in [6.45, 7) is 7.23. The van der Waals surface area contributed by atoms with Gasteiger partial charge in [-0.25, -0.2) is 0 Å². The van der Waals surface area contributed by atoms with E-state index in [4.69, 9.17) is 10.5 Å². The molecule has 2 aliphatic rings. The maximum atomic E-state index is 12.1. The SMILES string of the molecule is CC(C)NC1(C(N)=O)CCCC1CCSC1CCOC1C. The van der Waals surface area contributed by atoms with Crippen molar-refractivity contribution in [1.29, 1.82) is 0 Å². The fourth-order valence-electron chi connectivity index (χ4n) is 3.86. The highest BCUT2D eigenvalue weighted by atomic mass is 32.2. The first-order valence-electron chi connectivity index (χ1n) is 8.26. The highest BCUT2D eigenvalue weighted by molar-refractivity contribution is 7.99. The van der Waals surface area contributed by atoms with E-state index in [1.807, 2.05) is 11.8 Å². The van der Waals surface area contributed by atoms with Crippen molar-refractivity contribution in [2.75, 3.05) is 12.4 Å². The van der Waals surface area contributed by atoms with Crippen LogP contribution in [-0.4, -0.2) is 41.2 Å². The van der Waals surface area contributed by atoms with Gasteiger partial charge in [-0.15, -0.1) is 0 Å². The molecule has 1 heterocycles. The Bertz CT molecular complexity index is 364. The molecular formula is C16H30N2O2S. The fourth-order valence-corrected chi connectivity index (χ4v) is 5.20. The van der Waals surface area contributed by atoms with Gasteiger partial charge in [-0.1, -0.05) is 6.42 Å². The molecule has 4 nitrogen and oxygen atoms in total. The summed E-state index contributed by atoms with van der Waals surface area (Å²) in [5.74, 6) is 1.31. The number of nitrogens with two attached hydrogens (primary N) is 1. The summed E-state index contributed by atoms with van der Waals surface area (Å²) >= 11 is 2.01. The first-order valence-corrected chi connectivity index (χ1v) is 9.31. The fraction of sp³-hybridized carbons (Fsp3) is 0.938. The number of carbonyl (C=O) groups excluding carboxylic acids is 1. The van der Waals surface area contributed by atoms with Crippen molar-refractivity contribution < 1.29 is 9.53 Å². The number of hydrogen-bond acceptors (Lipinski definition) is 4. The number of ether oxygens (including phenoxy) is 1. The van der Waals surface area contributed by atoms with Crippen molar-refractivity contribution in [3.63, 3.8) is 0 Å². The summed E-state index contributed by atoms with van der Waals surface area (Å²) in [5, 5.41) is 4.10. The zero-order valence-corrected chi connectivity index (χ0v) is 14.4. The van der Waals surface area contributed by atoms with E-state index in [0.29, 0.717) is 17.3 Å². The van der Waals surface area contributed by atoms with Gasteiger partial charge in [-0.05, 0) is 58.1 Å². The lowest BCUT2D eigenvalue weighted by Gasteiger charge is -2.35. The second-order valence-electron chi connectivity index (χ2n) is 6.79. The predicted molar refractivity (Wildman–Crippen MR) is 88.4 cm³/mol. The third-order valence-electron chi connectivity index (χ3n) is 4.91. The maximum absolute atomic E-state index is 12.1. The molecule has 0 bridgehead atoms. The first kappa shape index (κ1) is 17.1. The molecule has 4 unspecified atom stereocenters. The highest BCUT2D eigenvalue weighted by Crippen LogP contribution is 2.39. The number of nitrogens with one attached hydrogen (secondary N) is 1. The van der Waals surface area contributed by atoms with Gasteiger partial charge in [-0.3, -0.25) is 4.79 Å². The van der Waals surface area contributed by atoms with Crippen molar-refractivity contribution in [1.82, 2.24) is 5.32 Å². The van der Waals surface area contributed by atoms with Crippen molar-refractivity contribution >= 4 is 17.7 Å². The lowest BCUT2D eigenvalue weighted by atomic mass is 9.83. The monoisotopic (exact) mass is 314 g/mol. The van der Waals surface area contributed by atoms with Crippen LogP contribution in [0.3, 0.4) is 0 Å². The van der Waals surface area contributed by atoms with Gasteiger partial charge in [0.2, 0.25) is 5.91 Å². The van der Waals surface area contributed by atoms with Crippen LogP contribution in [0.1, 0.15) is 52.9 Å². The zero-order chi connectivity index (χ0) is 15.5. The summed E-state index contributed by atoms with van der Waals surface area (Å²) < 4.78 is 5.61. The van der Waals surface area contributed by atoms with E-state index >= 15 is 0 Å². The molecular weight excluding hydrogens is 284 g/mol. The Hall–Kier alpha value is -0.260. The third-order valence-corrected chi connectivity index (χ3v) is 6.43. The summed E-state index contributed by atoms with van der Waals surface area (Å²) in [6, 6.07) is 0.286. The van der Waals surface area contributed by atoms with Crippen LogP contribution >= 0.6 is 11.8 Å². The minimum absolute atomic E-state index is 0.165. The second-order valence-corrected chi connectivity index (χ2v) is 8.13. The Morgan fingerprint density at radius 2 is 2.24 bits per heavy atom. The average Bonchev–Trinajstić information content (AvgIpc) is 2.97. The largest absolute Gasteiger partial charge is 0.377 e. The number of rotatable bonds is 7. The van der Waals surface area contributed by atoms with Gasteiger partial charge < -0.3 is 15.8 Å². The maximum Gasteiger partial charge on any atom is 0.238 e. The van der Waals surface area contributed by atoms with E-state index in [2.05, 4.69) is 26.1 Å². The summed E-state index contributed by atoms with van der Waals surface area (Å²) in [7, 11) is 0. The molecule has 0 radical (unpaired) electrons. The molecule has 1 aliphatic heterocycles. The van der Waals surface area contributed by atoms with Crippen molar-refractivity contribution in [3.8, 4) is 0 Å². The van der Waals surface area contributed by atoms with Crippen LogP contribution in [0.4, 0.5) is 0 Å². The standard InChI is InChI=1S/C16H30N2O2S/c1-11(2)18-16(15(17)19)8-4-5-13(16)7-10-21-14-6-9-20-12(14)3/h11-14,18H,4-10H2,1-3H3,(H2,17,19). The number of hydrogen-bond donors (Lipinski definition) is 2. The van der Waals surface area contributed by atoms with Gasteiger partial charge in [0.25, 0.3) is 0 Å². The van der Waals surface area contributed by atoms with Crippen LogP contribution in [-0.2, 0) is 9.53 Å². The molecule has 3 N–H and O–H groups in total.